The predicted octanol–water partition coefficient (Wildman–Crippen LogP) is 10.5. The van der Waals surface area contributed by atoms with Gasteiger partial charge in [-0.3, -0.25) is 0 Å². The summed E-state index contributed by atoms with van der Waals surface area (Å²) in [6, 6.07) is 15.3. The summed E-state index contributed by atoms with van der Waals surface area (Å²) < 4.78 is 92.8. The van der Waals surface area contributed by atoms with Gasteiger partial charge in [-0.25, -0.2) is 4.98 Å². The highest BCUT2D eigenvalue weighted by molar-refractivity contribution is 5.61. The number of aliphatic hydroxyl groups excluding tert-OH is 1. The number of rotatable bonds is 19. The lowest BCUT2D eigenvalue weighted by Gasteiger charge is -2.17. The predicted molar refractivity (Wildman–Crippen MR) is 202 cm³/mol. The van der Waals surface area contributed by atoms with Crippen molar-refractivity contribution in [1.29, 1.82) is 0 Å². The number of imidazole rings is 1. The molecule has 1 heterocycles. The first-order valence-corrected chi connectivity index (χ1v) is 18.7. The number of benzene rings is 3. The summed E-state index contributed by atoms with van der Waals surface area (Å²) in [5.74, 6) is 1.14. The lowest BCUT2D eigenvalue weighted by Crippen LogP contribution is -2.25. The largest absolute Gasteiger partial charge is 0.494 e. The number of halogens is 6. The average molecular weight is 765 g/mol. The Hall–Kier alpha value is -4.07. The molecule has 0 spiro atoms. The molecule has 0 saturated heterocycles. The standard InChI is InChI=1S/C34H37F6N3O2.C7H17NO/c1-4-7-9-32-41-31(24-10-14-28(15-11-24)44-19-8-18-42(5-2)6-3)23-43(32)27-12-16-29(17-13-27)45-30-21-25(33(35,36)37)20-26(22-30)34(38,39)40;1-3-8(4-2)6-5-7-9/h10-17,20-23H,4-9,18-19H2,1-3H3;9H,3-7H2,1-2H3. The first kappa shape index (κ1) is 44.3. The number of aliphatic hydroxyl groups is 1. The number of hydrogen-bond donors (Lipinski definition) is 1. The molecule has 0 amide bonds. The van der Waals surface area contributed by atoms with Gasteiger partial charge in [-0.15, -0.1) is 0 Å². The minimum absolute atomic E-state index is 0.0690. The van der Waals surface area contributed by atoms with Crippen molar-refractivity contribution in [2.45, 2.75) is 79.1 Å². The summed E-state index contributed by atoms with van der Waals surface area (Å²) in [6.45, 7) is 17.8. The highest BCUT2D eigenvalue weighted by Crippen LogP contribution is 2.39. The molecule has 0 bridgehead atoms. The van der Waals surface area contributed by atoms with Gasteiger partial charge in [0.15, 0.2) is 0 Å². The number of hydrogen-bond acceptors (Lipinski definition) is 6. The minimum Gasteiger partial charge on any atom is -0.494 e. The van der Waals surface area contributed by atoms with Gasteiger partial charge in [0.05, 0.1) is 23.4 Å². The summed E-state index contributed by atoms with van der Waals surface area (Å²) in [6.07, 6.45) is -3.59. The molecule has 0 aliphatic carbocycles. The number of ether oxygens (including phenoxy) is 2. The fraction of sp³-hybridized carbons (Fsp3) is 0.488. The van der Waals surface area contributed by atoms with Gasteiger partial charge in [0.25, 0.3) is 0 Å². The first-order chi connectivity index (χ1) is 25.8. The summed E-state index contributed by atoms with van der Waals surface area (Å²) >= 11 is 0. The van der Waals surface area contributed by atoms with Gasteiger partial charge < -0.3 is 28.9 Å². The second-order valence-corrected chi connectivity index (χ2v) is 12.7. The molecule has 0 aliphatic heterocycles. The molecule has 54 heavy (non-hydrogen) atoms. The maximum Gasteiger partial charge on any atom is 0.416 e. The zero-order chi connectivity index (χ0) is 39.7. The van der Waals surface area contributed by atoms with E-state index >= 15 is 0 Å². The Kier molecular flexibility index (Phi) is 17.8. The van der Waals surface area contributed by atoms with E-state index in [0.717, 1.165) is 93.5 Å². The van der Waals surface area contributed by atoms with Crippen LogP contribution in [0.4, 0.5) is 26.3 Å². The Morgan fingerprint density at radius 2 is 1.20 bits per heavy atom. The van der Waals surface area contributed by atoms with Crippen LogP contribution in [0.3, 0.4) is 0 Å². The van der Waals surface area contributed by atoms with E-state index in [9.17, 15) is 26.3 Å². The highest BCUT2D eigenvalue weighted by atomic mass is 19.4. The number of aryl methyl sites for hydroxylation is 1. The zero-order valence-corrected chi connectivity index (χ0v) is 31.9. The summed E-state index contributed by atoms with van der Waals surface area (Å²) in [7, 11) is 0. The maximum absolute atomic E-state index is 13.3. The van der Waals surface area contributed by atoms with Crippen molar-refractivity contribution in [2.75, 3.05) is 52.5 Å². The Morgan fingerprint density at radius 1 is 0.667 bits per heavy atom. The molecule has 0 radical (unpaired) electrons. The van der Waals surface area contributed by atoms with Gasteiger partial charge >= 0.3 is 12.4 Å². The third-order valence-corrected chi connectivity index (χ3v) is 8.90. The van der Waals surface area contributed by atoms with E-state index < -0.39 is 29.2 Å². The molecule has 1 aromatic heterocycles. The third-order valence-electron chi connectivity index (χ3n) is 8.90. The Morgan fingerprint density at radius 3 is 1.70 bits per heavy atom. The monoisotopic (exact) mass is 764 g/mol. The van der Waals surface area contributed by atoms with Crippen LogP contribution < -0.4 is 9.47 Å². The fourth-order valence-corrected chi connectivity index (χ4v) is 5.66. The van der Waals surface area contributed by atoms with E-state index in [4.69, 9.17) is 19.6 Å². The van der Waals surface area contributed by atoms with Crippen molar-refractivity contribution in [3.8, 4) is 34.2 Å². The normalized spacial score (nSPS) is 11.9. The van der Waals surface area contributed by atoms with Crippen molar-refractivity contribution < 1.29 is 40.9 Å². The summed E-state index contributed by atoms with van der Waals surface area (Å²) in [4.78, 5) is 9.52. The molecule has 4 aromatic rings. The second kappa shape index (κ2) is 21.7. The lowest BCUT2D eigenvalue weighted by molar-refractivity contribution is -0.143. The van der Waals surface area contributed by atoms with Crippen LogP contribution >= 0.6 is 0 Å². The molecule has 0 aliphatic rings. The van der Waals surface area contributed by atoms with E-state index in [2.05, 4.69) is 44.4 Å². The fourth-order valence-electron chi connectivity index (χ4n) is 5.66. The molecule has 1 N–H and O–H groups in total. The molecule has 0 unspecified atom stereocenters. The van der Waals surface area contributed by atoms with Gasteiger partial charge in [-0.05, 0) is 112 Å². The van der Waals surface area contributed by atoms with Crippen LogP contribution in [0.5, 0.6) is 17.2 Å². The minimum atomic E-state index is -4.96. The Bertz CT molecular complexity index is 1620. The van der Waals surface area contributed by atoms with Gasteiger partial charge in [0.1, 0.15) is 23.1 Å². The van der Waals surface area contributed by atoms with E-state index in [1.165, 1.54) is 12.1 Å². The first-order valence-electron chi connectivity index (χ1n) is 18.7. The SMILES string of the molecule is CCCCc1nc(-c2ccc(OCCCN(CC)CC)cc2)cn1-c1ccc(Oc2cc(C(F)(F)F)cc(C(F)(F)F)c2)cc1.CCN(CC)CCCO. The Labute approximate surface area is 315 Å². The quantitative estimate of drug-likeness (QED) is 0.0758. The van der Waals surface area contributed by atoms with Crippen molar-refractivity contribution in [3.05, 3.63) is 89.9 Å². The van der Waals surface area contributed by atoms with Gasteiger partial charge in [-0.1, -0.05) is 41.0 Å². The maximum atomic E-state index is 13.3. The van der Waals surface area contributed by atoms with Gasteiger partial charge in [-0.2, -0.15) is 26.3 Å². The van der Waals surface area contributed by atoms with Crippen molar-refractivity contribution in [3.63, 3.8) is 0 Å². The van der Waals surface area contributed by atoms with Crippen LogP contribution in [-0.4, -0.2) is 76.9 Å². The van der Waals surface area contributed by atoms with Crippen LogP contribution in [0.15, 0.2) is 72.9 Å². The lowest BCUT2D eigenvalue weighted by atomic mass is 10.1. The molecule has 3 aromatic carbocycles. The summed E-state index contributed by atoms with van der Waals surface area (Å²) in [5.41, 5.74) is -0.485. The second-order valence-electron chi connectivity index (χ2n) is 12.7. The molecule has 4 rings (SSSR count). The van der Waals surface area contributed by atoms with E-state index in [0.29, 0.717) is 31.8 Å². The topological polar surface area (TPSA) is 63.0 Å². The third kappa shape index (κ3) is 14.0. The highest BCUT2D eigenvalue weighted by Gasteiger charge is 2.37. The molecule has 298 valence electrons. The van der Waals surface area contributed by atoms with Gasteiger partial charge in [0.2, 0.25) is 0 Å². The van der Waals surface area contributed by atoms with Crippen LogP contribution in [-0.2, 0) is 18.8 Å². The van der Waals surface area contributed by atoms with Crippen LogP contribution in [0, 0.1) is 0 Å². The molecule has 13 heteroatoms. The van der Waals surface area contributed by atoms with Crippen molar-refractivity contribution in [1.82, 2.24) is 19.4 Å². The van der Waals surface area contributed by atoms with Crippen LogP contribution in [0.1, 0.15) is 77.3 Å². The zero-order valence-electron chi connectivity index (χ0n) is 31.9. The van der Waals surface area contributed by atoms with E-state index in [1.54, 1.807) is 12.1 Å². The van der Waals surface area contributed by atoms with E-state index in [1.807, 2.05) is 35.0 Å². The van der Waals surface area contributed by atoms with Crippen molar-refractivity contribution >= 4 is 0 Å². The molecule has 0 saturated carbocycles. The number of aromatic nitrogens is 2. The Balaban J connectivity index is 0.000000772. The molecule has 7 nitrogen and oxygen atoms in total. The average Bonchev–Trinajstić information content (AvgIpc) is 3.58. The summed E-state index contributed by atoms with van der Waals surface area (Å²) in [5, 5.41) is 8.48. The number of unbranched alkanes of at least 4 members (excludes halogenated alkanes) is 1. The van der Waals surface area contributed by atoms with Crippen LogP contribution in [0.25, 0.3) is 16.9 Å². The number of alkyl halides is 6. The smallest absolute Gasteiger partial charge is 0.416 e. The van der Waals surface area contributed by atoms with Gasteiger partial charge in [0, 0.05) is 43.6 Å². The van der Waals surface area contributed by atoms with Crippen molar-refractivity contribution in [2.24, 2.45) is 0 Å². The molecular weight excluding hydrogens is 710 g/mol. The molecule has 0 fully saturated rings. The molecule has 0 atom stereocenters. The number of nitrogens with zero attached hydrogens (tertiary/aromatic N) is 4. The molecular formula is C41H54F6N4O3. The van der Waals surface area contributed by atoms with Crippen LogP contribution in [0.2, 0.25) is 0 Å². The van der Waals surface area contributed by atoms with E-state index in [-0.39, 0.29) is 11.8 Å².